The Bertz CT molecular complexity index is 579. The van der Waals surface area contributed by atoms with Crippen molar-refractivity contribution in [1.82, 2.24) is 0 Å². The summed E-state index contributed by atoms with van der Waals surface area (Å²) in [6.07, 6.45) is 2.27. The Morgan fingerprint density at radius 3 is 2.57 bits per heavy atom. The molecular weight excluding hydrogens is 309 g/mol. The summed E-state index contributed by atoms with van der Waals surface area (Å²) >= 11 is 0. The van der Waals surface area contributed by atoms with E-state index in [1.165, 1.54) is 6.08 Å². The zero-order valence-electron chi connectivity index (χ0n) is 11.5. The van der Waals surface area contributed by atoms with E-state index in [4.69, 9.17) is 0 Å². The summed E-state index contributed by atoms with van der Waals surface area (Å²) in [4.78, 5) is 0. The molecule has 21 heavy (non-hydrogen) atoms. The highest BCUT2D eigenvalue weighted by Crippen LogP contribution is 2.54. The topological polar surface area (TPSA) is 63.6 Å². The maximum absolute atomic E-state index is 12.4. The van der Waals surface area contributed by atoms with Crippen molar-refractivity contribution in [2.75, 3.05) is 0 Å². The first-order valence-corrected chi connectivity index (χ1v) is 7.98. The van der Waals surface area contributed by atoms with E-state index in [0.717, 1.165) is 0 Å². The minimum Gasteiger partial charge on any atom is -0.393 e. The first-order valence-electron chi connectivity index (χ1n) is 6.57. The maximum atomic E-state index is 12.4. The molecule has 0 saturated heterocycles. The van der Waals surface area contributed by atoms with Gasteiger partial charge in [-0.1, -0.05) is 19.6 Å². The first-order chi connectivity index (χ1) is 9.53. The Morgan fingerprint density at radius 1 is 1.43 bits per heavy atom. The summed E-state index contributed by atoms with van der Waals surface area (Å²) in [6.45, 7) is 5.40. The fourth-order valence-corrected chi connectivity index (χ4v) is 3.85. The third-order valence-corrected chi connectivity index (χ3v) is 5.58. The number of allylic oxidation sites excluding steroid dienone is 3. The van der Waals surface area contributed by atoms with Crippen molar-refractivity contribution in [1.29, 1.82) is 0 Å². The minimum atomic E-state index is -5.67. The lowest BCUT2D eigenvalue weighted by atomic mass is 9.67. The van der Waals surface area contributed by atoms with E-state index < -0.39 is 27.1 Å². The number of hydrogen-bond acceptors (Lipinski definition) is 4. The van der Waals surface area contributed by atoms with Crippen LogP contribution < -0.4 is 0 Å². The van der Waals surface area contributed by atoms with Crippen molar-refractivity contribution in [3.05, 3.63) is 24.0 Å². The number of aliphatic hydroxyl groups excluding tert-OH is 1. The van der Waals surface area contributed by atoms with Crippen molar-refractivity contribution in [2.45, 2.75) is 44.2 Å². The van der Waals surface area contributed by atoms with Gasteiger partial charge in [0.05, 0.1) is 6.10 Å². The number of aliphatic hydroxyl groups is 1. The van der Waals surface area contributed by atoms with Crippen LogP contribution in [0.3, 0.4) is 0 Å². The van der Waals surface area contributed by atoms with Gasteiger partial charge in [-0.15, -0.1) is 0 Å². The molecule has 2 aliphatic rings. The molecular formula is C13H17F3O4S. The van der Waals surface area contributed by atoms with Crippen LogP contribution >= 0.6 is 0 Å². The second kappa shape index (κ2) is 5.01. The summed E-state index contributed by atoms with van der Waals surface area (Å²) < 4.78 is 63.9. The summed E-state index contributed by atoms with van der Waals surface area (Å²) in [5, 5.41) is 10.0. The SMILES string of the molecule is C=CC1=C(OS(=O)(=O)C(F)(F)F)CC[C@]2(C)[C@@H](O)CC[C@@H]12. The van der Waals surface area contributed by atoms with Crippen LogP contribution in [0.5, 0.6) is 0 Å². The van der Waals surface area contributed by atoms with Gasteiger partial charge in [0.25, 0.3) is 0 Å². The third kappa shape index (κ3) is 2.59. The molecule has 0 aromatic carbocycles. The predicted octanol–water partition coefficient (Wildman–Crippen LogP) is 2.86. The molecule has 2 aliphatic carbocycles. The molecule has 2 rings (SSSR count). The molecule has 0 spiro atoms. The molecule has 120 valence electrons. The molecule has 4 nitrogen and oxygen atoms in total. The van der Waals surface area contributed by atoms with E-state index in [9.17, 15) is 26.7 Å². The molecule has 8 heteroatoms. The Labute approximate surface area is 121 Å². The lowest BCUT2D eigenvalue weighted by Crippen LogP contribution is -2.37. The molecule has 1 fully saturated rings. The molecule has 0 aromatic rings. The van der Waals surface area contributed by atoms with Gasteiger partial charge >= 0.3 is 15.6 Å². The quantitative estimate of drug-likeness (QED) is 0.640. The van der Waals surface area contributed by atoms with Crippen molar-refractivity contribution >= 4 is 10.1 Å². The molecule has 3 atom stereocenters. The molecule has 0 bridgehead atoms. The fraction of sp³-hybridized carbons (Fsp3) is 0.692. The van der Waals surface area contributed by atoms with Gasteiger partial charge in [-0.2, -0.15) is 21.6 Å². The number of rotatable bonds is 3. The molecule has 0 aromatic heterocycles. The highest BCUT2D eigenvalue weighted by molar-refractivity contribution is 7.87. The van der Waals surface area contributed by atoms with E-state index in [-0.39, 0.29) is 18.1 Å². The van der Waals surface area contributed by atoms with Crippen LogP contribution in [-0.2, 0) is 14.3 Å². The van der Waals surface area contributed by atoms with Crippen LogP contribution in [0.2, 0.25) is 0 Å². The molecule has 1 N–H and O–H groups in total. The first kappa shape index (κ1) is 16.4. The van der Waals surface area contributed by atoms with E-state index in [0.29, 0.717) is 24.8 Å². The van der Waals surface area contributed by atoms with Gasteiger partial charge in [-0.05, 0) is 30.8 Å². The number of hydrogen-bond donors (Lipinski definition) is 1. The molecule has 0 aliphatic heterocycles. The predicted molar refractivity (Wildman–Crippen MR) is 69.4 cm³/mol. The van der Waals surface area contributed by atoms with Crippen LogP contribution in [0, 0.1) is 11.3 Å². The van der Waals surface area contributed by atoms with E-state index in [2.05, 4.69) is 10.8 Å². The van der Waals surface area contributed by atoms with E-state index in [1.54, 1.807) is 0 Å². The monoisotopic (exact) mass is 326 g/mol. The molecule has 0 heterocycles. The van der Waals surface area contributed by atoms with Gasteiger partial charge in [0.1, 0.15) is 5.76 Å². The zero-order chi connectivity index (χ0) is 16.1. The number of alkyl halides is 3. The number of fused-ring (bicyclic) bond motifs is 1. The Kier molecular flexibility index (Phi) is 3.90. The van der Waals surface area contributed by atoms with Crippen molar-refractivity contribution < 1.29 is 30.9 Å². The number of halogens is 3. The van der Waals surface area contributed by atoms with Crippen molar-refractivity contribution in [3.63, 3.8) is 0 Å². The second-order valence-electron chi connectivity index (χ2n) is 5.72. The lowest BCUT2D eigenvalue weighted by Gasteiger charge is -2.39. The van der Waals surface area contributed by atoms with Crippen LogP contribution in [0.25, 0.3) is 0 Å². The Hall–Kier alpha value is -1.02. The fourth-order valence-electron chi connectivity index (χ4n) is 3.31. The Morgan fingerprint density at radius 2 is 2.05 bits per heavy atom. The highest BCUT2D eigenvalue weighted by Gasteiger charge is 2.53. The van der Waals surface area contributed by atoms with Gasteiger partial charge in [-0.25, -0.2) is 0 Å². The van der Waals surface area contributed by atoms with Crippen LogP contribution in [-0.4, -0.2) is 25.1 Å². The largest absolute Gasteiger partial charge is 0.534 e. The minimum absolute atomic E-state index is 0.0285. The van der Waals surface area contributed by atoms with Gasteiger partial charge in [0.2, 0.25) is 0 Å². The molecule has 0 amide bonds. The standard InChI is InChI=1S/C13H17F3O4S/c1-3-8-9-4-5-11(17)12(9,2)7-6-10(8)20-21(18,19)13(14,15)16/h3,9,11,17H,1,4-7H2,2H3/t9-,11-,12-/m0/s1. The Balaban J connectivity index is 2.38. The van der Waals surface area contributed by atoms with Crippen molar-refractivity contribution in [2.24, 2.45) is 11.3 Å². The van der Waals surface area contributed by atoms with Gasteiger partial charge in [-0.3, -0.25) is 0 Å². The summed E-state index contributed by atoms with van der Waals surface area (Å²) in [6, 6.07) is 0. The third-order valence-electron chi connectivity index (χ3n) is 4.59. The lowest BCUT2D eigenvalue weighted by molar-refractivity contribution is -0.0529. The zero-order valence-corrected chi connectivity index (χ0v) is 12.3. The normalized spacial score (nSPS) is 33.8. The van der Waals surface area contributed by atoms with Gasteiger partial charge < -0.3 is 9.29 Å². The average Bonchev–Trinajstić information content (AvgIpc) is 2.65. The van der Waals surface area contributed by atoms with Gasteiger partial charge in [0, 0.05) is 11.8 Å². The molecule has 1 saturated carbocycles. The summed E-state index contributed by atoms with van der Waals surface area (Å²) in [5.41, 5.74) is -5.58. The van der Waals surface area contributed by atoms with Crippen LogP contribution in [0.4, 0.5) is 13.2 Å². The van der Waals surface area contributed by atoms with E-state index in [1.807, 2.05) is 6.92 Å². The van der Waals surface area contributed by atoms with Crippen molar-refractivity contribution in [3.8, 4) is 0 Å². The highest BCUT2D eigenvalue weighted by atomic mass is 32.2. The van der Waals surface area contributed by atoms with Crippen LogP contribution in [0.1, 0.15) is 32.6 Å². The average molecular weight is 326 g/mol. The molecule has 0 unspecified atom stereocenters. The van der Waals surface area contributed by atoms with E-state index >= 15 is 0 Å². The summed E-state index contributed by atoms with van der Waals surface area (Å²) in [5.74, 6) is -0.448. The van der Waals surface area contributed by atoms with Crippen LogP contribution in [0.15, 0.2) is 24.0 Å². The molecule has 0 radical (unpaired) electrons. The smallest absolute Gasteiger partial charge is 0.393 e. The second-order valence-corrected chi connectivity index (χ2v) is 7.26. The van der Waals surface area contributed by atoms with Gasteiger partial charge in [0.15, 0.2) is 0 Å². The summed E-state index contributed by atoms with van der Waals surface area (Å²) in [7, 11) is -5.67. The maximum Gasteiger partial charge on any atom is 0.534 e.